The topological polar surface area (TPSA) is 89.0 Å². The number of aromatic nitrogens is 1. The van der Waals surface area contributed by atoms with E-state index >= 15 is 0 Å². The Balaban J connectivity index is 0.000000345. The Labute approximate surface area is 158 Å². The van der Waals surface area contributed by atoms with Crippen LogP contribution in [0.3, 0.4) is 0 Å². The van der Waals surface area contributed by atoms with Gasteiger partial charge in [-0.15, -0.1) is 0 Å². The SMILES string of the molecule is COC[C@@H]1CC[C@H]2[C@H](CCN2C(=O)c2ccncc2F)O1.O=C(O)C(F)(F)F. The van der Waals surface area contributed by atoms with Gasteiger partial charge in [0.1, 0.15) is 0 Å². The Morgan fingerprint density at radius 1 is 1.36 bits per heavy atom. The van der Waals surface area contributed by atoms with Crippen molar-refractivity contribution in [1.29, 1.82) is 0 Å². The van der Waals surface area contributed by atoms with Crippen molar-refractivity contribution in [3.8, 4) is 0 Å². The molecule has 0 radical (unpaired) electrons. The van der Waals surface area contributed by atoms with Crippen LogP contribution in [0.15, 0.2) is 18.5 Å². The summed E-state index contributed by atoms with van der Waals surface area (Å²) in [6.45, 7) is 1.19. The predicted octanol–water partition coefficient (Wildman–Crippen LogP) is 2.26. The van der Waals surface area contributed by atoms with Gasteiger partial charge in [0.2, 0.25) is 0 Å². The second-order valence-electron chi connectivity index (χ2n) is 6.34. The van der Waals surface area contributed by atoms with Gasteiger partial charge in [-0.3, -0.25) is 9.78 Å². The molecule has 1 amide bonds. The molecule has 0 unspecified atom stereocenters. The number of hydrogen-bond donors (Lipinski definition) is 1. The number of carbonyl (C=O) groups is 2. The molecule has 2 fully saturated rings. The molecule has 1 aromatic heterocycles. The van der Waals surface area contributed by atoms with E-state index in [1.807, 2.05) is 0 Å². The lowest BCUT2D eigenvalue weighted by Crippen LogP contribution is -2.46. The van der Waals surface area contributed by atoms with Crippen molar-refractivity contribution in [3.63, 3.8) is 0 Å². The van der Waals surface area contributed by atoms with E-state index in [0.29, 0.717) is 13.2 Å². The monoisotopic (exact) mass is 408 g/mol. The highest BCUT2D eigenvalue weighted by atomic mass is 19.4. The third-order valence-electron chi connectivity index (χ3n) is 4.49. The molecule has 156 valence electrons. The van der Waals surface area contributed by atoms with Crippen LogP contribution < -0.4 is 0 Å². The van der Waals surface area contributed by atoms with Crippen molar-refractivity contribution >= 4 is 11.9 Å². The van der Waals surface area contributed by atoms with Crippen LogP contribution in [0.5, 0.6) is 0 Å². The van der Waals surface area contributed by atoms with Gasteiger partial charge >= 0.3 is 12.1 Å². The zero-order chi connectivity index (χ0) is 20.9. The maximum absolute atomic E-state index is 13.7. The highest BCUT2D eigenvalue weighted by molar-refractivity contribution is 5.94. The molecule has 0 spiro atoms. The molecule has 28 heavy (non-hydrogen) atoms. The Bertz CT molecular complexity index is 700. The minimum absolute atomic E-state index is 0.0350. The van der Waals surface area contributed by atoms with Gasteiger partial charge in [-0.25, -0.2) is 9.18 Å². The summed E-state index contributed by atoms with van der Waals surface area (Å²) in [5.74, 6) is -3.59. The largest absolute Gasteiger partial charge is 0.490 e. The van der Waals surface area contributed by atoms with Crippen LogP contribution in [-0.2, 0) is 14.3 Å². The van der Waals surface area contributed by atoms with Gasteiger partial charge in [-0.05, 0) is 25.3 Å². The molecule has 3 heterocycles. The van der Waals surface area contributed by atoms with E-state index in [0.717, 1.165) is 25.5 Å². The van der Waals surface area contributed by atoms with Crippen molar-refractivity contribution in [2.45, 2.75) is 43.7 Å². The Morgan fingerprint density at radius 2 is 2.04 bits per heavy atom. The number of aliphatic carboxylic acids is 1. The van der Waals surface area contributed by atoms with Crippen LogP contribution in [0.25, 0.3) is 0 Å². The minimum Gasteiger partial charge on any atom is -0.475 e. The molecular formula is C17H20F4N2O5. The Kier molecular flexibility index (Phi) is 7.30. The van der Waals surface area contributed by atoms with Crippen LogP contribution in [0.4, 0.5) is 17.6 Å². The third-order valence-corrected chi connectivity index (χ3v) is 4.49. The van der Waals surface area contributed by atoms with Gasteiger partial charge in [0.25, 0.3) is 5.91 Å². The Morgan fingerprint density at radius 3 is 2.61 bits per heavy atom. The maximum Gasteiger partial charge on any atom is 0.490 e. The second-order valence-corrected chi connectivity index (χ2v) is 6.34. The van der Waals surface area contributed by atoms with E-state index in [4.69, 9.17) is 19.4 Å². The fraction of sp³-hybridized carbons (Fsp3) is 0.588. The number of halogens is 4. The van der Waals surface area contributed by atoms with Crippen LogP contribution in [0.1, 0.15) is 29.6 Å². The highest BCUT2D eigenvalue weighted by Crippen LogP contribution is 2.32. The molecule has 2 saturated heterocycles. The molecule has 1 N–H and O–H groups in total. The summed E-state index contributed by atoms with van der Waals surface area (Å²) in [5.41, 5.74) is 0.0877. The number of ether oxygens (including phenoxy) is 2. The van der Waals surface area contributed by atoms with E-state index in [1.54, 1.807) is 12.0 Å². The number of fused-ring (bicyclic) bond motifs is 1. The van der Waals surface area contributed by atoms with Gasteiger partial charge < -0.3 is 19.5 Å². The van der Waals surface area contributed by atoms with Crippen LogP contribution >= 0.6 is 0 Å². The fourth-order valence-corrected chi connectivity index (χ4v) is 3.26. The van der Waals surface area contributed by atoms with Gasteiger partial charge in [0.05, 0.1) is 36.6 Å². The first-order valence-corrected chi connectivity index (χ1v) is 8.50. The summed E-state index contributed by atoms with van der Waals surface area (Å²) >= 11 is 0. The number of likely N-dealkylation sites (tertiary alicyclic amines) is 1. The summed E-state index contributed by atoms with van der Waals surface area (Å²) in [6, 6.07) is 1.47. The molecular weight excluding hydrogens is 388 g/mol. The van der Waals surface area contributed by atoms with Gasteiger partial charge in [-0.1, -0.05) is 0 Å². The lowest BCUT2D eigenvalue weighted by molar-refractivity contribution is -0.192. The zero-order valence-corrected chi connectivity index (χ0v) is 15.0. The van der Waals surface area contributed by atoms with Crippen molar-refractivity contribution in [2.75, 3.05) is 20.3 Å². The van der Waals surface area contributed by atoms with Crippen molar-refractivity contribution in [1.82, 2.24) is 9.88 Å². The Hall–Kier alpha value is -2.27. The third kappa shape index (κ3) is 5.38. The zero-order valence-electron chi connectivity index (χ0n) is 15.0. The summed E-state index contributed by atoms with van der Waals surface area (Å²) in [4.78, 5) is 26.8. The van der Waals surface area contributed by atoms with Crippen LogP contribution in [0.2, 0.25) is 0 Å². The number of carboxylic acid groups (broad SMARTS) is 1. The maximum atomic E-state index is 13.7. The first-order chi connectivity index (χ1) is 13.1. The molecule has 11 heteroatoms. The number of amides is 1. The number of alkyl halides is 3. The van der Waals surface area contributed by atoms with E-state index < -0.39 is 18.0 Å². The minimum atomic E-state index is -5.08. The summed E-state index contributed by atoms with van der Waals surface area (Å²) in [6.07, 6.45) is 0.0949. The number of carbonyl (C=O) groups excluding carboxylic acids is 1. The van der Waals surface area contributed by atoms with Crippen molar-refractivity contribution in [3.05, 3.63) is 29.8 Å². The number of carboxylic acids is 1. The van der Waals surface area contributed by atoms with Gasteiger partial charge in [0, 0.05) is 19.9 Å². The average molecular weight is 408 g/mol. The van der Waals surface area contributed by atoms with Crippen LogP contribution in [-0.4, -0.2) is 71.6 Å². The highest BCUT2D eigenvalue weighted by Gasteiger charge is 2.42. The van der Waals surface area contributed by atoms with Crippen LogP contribution in [0, 0.1) is 5.82 Å². The molecule has 2 aliphatic rings. The van der Waals surface area contributed by atoms with Crippen molar-refractivity contribution < 1.29 is 41.7 Å². The predicted molar refractivity (Wildman–Crippen MR) is 87.1 cm³/mol. The molecule has 3 rings (SSSR count). The number of nitrogens with zero attached hydrogens (tertiary/aromatic N) is 2. The quantitative estimate of drug-likeness (QED) is 0.772. The average Bonchev–Trinajstić information content (AvgIpc) is 3.05. The summed E-state index contributed by atoms with van der Waals surface area (Å²) in [5, 5.41) is 7.12. The summed E-state index contributed by atoms with van der Waals surface area (Å²) < 4.78 is 56.6. The normalized spacial score (nSPS) is 24.2. The molecule has 1 aromatic rings. The van der Waals surface area contributed by atoms with Gasteiger partial charge in [-0.2, -0.15) is 13.2 Å². The summed E-state index contributed by atoms with van der Waals surface area (Å²) in [7, 11) is 1.66. The first kappa shape index (κ1) is 22.0. The van der Waals surface area contributed by atoms with E-state index in [-0.39, 0.29) is 29.7 Å². The molecule has 0 aliphatic carbocycles. The molecule has 0 aromatic carbocycles. The van der Waals surface area contributed by atoms with Gasteiger partial charge in [0.15, 0.2) is 5.82 Å². The number of rotatable bonds is 3. The molecule has 3 atom stereocenters. The van der Waals surface area contributed by atoms with E-state index in [9.17, 15) is 22.4 Å². The smallest absolute Gasteiger partial charge is 0.475 e. The van der Waals surface area contributed by atoms with E-state index in [1.165, 1.54) is 12.3 Å². The molecule has 7 nitrogen and oxygen atoms in total. The number of hydrogen-bond acceptors (Lipinski definition) is 5. The standard InChI is InChI=1S/C15H19FN2O3.C2HF3O2/c1-20-9-10-2-3-13-14(21-10)5-7-18(13)15(19)11-4-6-17-8-12(11)16;3-2(4,5)1(6)7/h4,6,8,10,13-14H,2-3,5,7,9H2,1H3;(H,6,7)/t10-,13-,14-;/m0./s1. The second kappa shape index (κ2) is 9.28. The molecule has 0 bridgehead atoms. The van der Waals surface area contributed by atoms with E-state index in [2.05, 4.69) is 4.98 Å². The van der Waals surface area contributed by atoms with Crippen molar-refractivity contribution in [2.24, 2.45) is 0 Å². The number of pyridine rings is 1. The first-order valence-electron chi connectivity index (χ1n) is 8.50. The lowest BCUT2D eigenvalue weighted by Gasteiger charge is -2.35. The molecule has 2 aliphatic heterocycles. The molecule has 0 saturated carbocycles. The number of methoxy groups -OCH3 is 1. The lowest BCUT2D eigenvalue weighted by atomic mass is 9.99. The fourth-order valence-electron chi connectivity index (χ4n) is 3.26.